The minimum atomic E-state index is 0.610. The molecule has 0 radical (unpaired) electrons. The highest BCUT2D eigenvalue weighted by atomic mass is 32.1. The Labute approximate surface area is 116 Å². The molecule has 1 atom stereocenters. The van der Waals surface area contributed by atoms with E-state index in [1.54, 1.807) is 0 Å². The van der Waals surface area contributed by atoms with Crippen molar-refractivity contribution >= 4 is 11.3 Å². The Morgan fingerprint density at radius 3 is 2.56 bits per heavy atom. The summed E-state index contributed by atoms with van der Waals surface area (Å²) >= 11 is 1.86. The SMILES string of the molecule is CC(Cc1cccs1)N(C)CCNCCN(C)C. The molecule has 0 aliphatic rings. The zero-order valence-electron chi connectivity index (χ0n) is 12.1. The molecular weight excluding hydrogens is 242 g/mol. The lowest BCUT2D eigenvalue weighted by molar-refractivity contribution is 0.255. The van der Waals surface area contributed by atoms with Crippen LogP contribution in [0.2, 0.25) is 0 Å². The highest BCUT2D eigenvalue weighted by Gasteiger charge is 2.09. The zero-order valence-corrected chi connectivity index (χ0v) is 13.0. The number of rotatable bonds is 9. The molecule has 4 heteroatoms. The lowest BCUT2D eigenvalue weighted by atomic mass is 10.2. The number of hydrogen-bond donors (Lipinski definition) is 1. The van der Waals surface area contributed by atoms with E-state index in [-0.39, 0.29) is 0 Å². The molecule has 1 unspecified atom stereocenters. The van der Waals surface area contributed by atoms with Gasteiger partial charge >= 0.3 is 0 Å². The minimum Gasteiger partial charge on any atom is -0.314 e. The molecule has 1 heterocycles. The fraction of sp³-hybridized carbons (Fsp3) is 0.714. The van der Waals surface area contributed by atoms with Crippen LogP contribution in [0.15, 0.2) is 17.5 Å². The van der Waals surface area contributed by atoms with Crippen LogP contribution >= 0.6 is 11.3 Å². The van der Waals surface area contributed by atoms with Gasteiger partial charge in [0.05, 0.1) is 0 Å². The average Bonchev–Trinajstić information content (AvgIpc) is 2.80. The van der Waals surface area contributed by atoms with Gasteiger partial charge in [0.25, 0.3) is 0 Å². The summed E-state index contributed by atoms with van der Waals surface area (Å²) in [7, 11) is 6.43. The first-order valence-corrected chi connectivity index (χ1v) is 7.55. The number of nitrogens with one attached hydrogen (secondary N) is 1. The van der Waals surface area contributed by atoms with Gasteiger partial charge in [-0.25, -0.2) is 0 Å². The van der Waals surface area contributed by atoms with Crippen molar-refractivity contribution in [3.8, 4) is 0 Å². The second-order valence-corrected chi connectivity index (χ2v) is 6.20. The summed E-state index contributed by atoms with van der Waals surface area (Å²) in [5, 5.41) is 5.64. The molecule has 1 rings (SSSR count). The number of thiophene rings is 1. The summed E-state index contributed by atoms with van der Waals surface area (Å²) in [6, 6.07) is 4.97. The molecule has 0 amide bonds. The van der Waals surface area contributed by atoms with Crippen LogP contribution in [-0.4, -0.2) is 63.2 Å². The molecule has 1 aromatic heterocycles. The molecule has 3 nitrogen and oxygen atoms in total. The van der Waals surface area contributed by atoms with Crippen LogP contribution in [-0.2, 0) is 6.42 Å². The Morgan fingerprint density at radius 1 is 1.22 bits per heavy atom. The molecule has 0 fully saturated rings. The Hall–Kier alpha value is -0.420. The first-order valence-electron chi connectivity index (χ1n) is 6.67. The van der Waals surface area contributed by atoms with E-state index in [0.29, 0.717) is 6.04 Å². The van der Waals surface area contributed by atoms with E-state index in [1.165, 1.54) is 4.88 Å². The smallest absolute Gasteiger partial charge is 0.0113 e. The average molecular weight is 269 g/mol. The van der Waals surface area contributed by atoms with Crippen molar-refractivity contribution in [2.75, 3.05) is 47.3 Å². The first-order chi connectivity index (χ1) is 8.59. The summed E-state index contributed by atoms with van der Waals surface area (Å²) < 4.78 is 0. The summed E-state index contributed by atoms with van der Waals surface area (Å²) in [5.74, 6) is 0. The lowest BCUT2D eigenvalue weighted by Crippen LogP contribution is -2.37. The standard InChI is InChI=1S/C14H27N3S/c1-13(12-14-6-5-11-18-14)17(4)10-8-15-7-9-16(2)3/h5-6,11,13,15H,7-10,12H2,1-4H3. The van der Waals surface area contributed by atoms with Crippen LogP contribution in [0.25, 0.3) is 0 Å². The first kappa shape index (κ1) is 15.6. The maximum Gasteiger partial charge on any atom is 0.0113 e. The number of hydrogen-bond acceptors (Lipinski definition) is 4. The van der Waals surface area contributed by atoms with Gasteiger partial charge in [-0.15, -0.1) is 11.3 Å². The van der Waals surface area contributed by atoms with Gasteiger partial charge in [-0.1, -0.05) is 6.07 Å². The van der Waals surface area contributed by atoms with Crippen molar-refractivity contribution < 1.29 is 0 Å². The second kappa shape index (κ2) is 8.64. The molecule has 0 aliphatic heterocycles. The maximum absolute atomic E-state index is 3.48. The van der Waals surface area contributed by atoms with Crippen LogP contribution < -0.4 is 5.32 Å². The lowest BCUT2D eigenvalue weighted by Gasteiger charge is -2.24. The van der Waals surface area contributed by atoms with Crippen molar-refractivity contribution in [2.24, 2.45) is 0 Å². The van der Waals surface area contributed by atoms with Gasteiger partial charge in [0.1, 0.15) is 0 Å². The van der Waals surface area contributed by atoms with Crippen LogP contribution in [0, 0.1) is 0 Å². The third-order valence-corrected chi connectivity index (χ3v) is 4.10. The molecule has 0 aliphatic carbocycles. The maximum atomic E-state index is 3.48. The molecule has 1 N–H and O–H groups in total. The number of nitrogens with zero attached hydrogens (tertiary/aromatic N) is 2. The fourth-order valence-electron chi connectivity index (χ4n) is 1.78. The van der Waals surface area contributed by atoms with Gasteiger partial charge in [0, 0.05) is 37.1 Å². The van der Waals surface area contributed by atoms with E-state index in [9.17, 15) is 0 Å². The van der Waals surface area contributed by atoms with Crippen molar-refractivity contribution in [1.29, 1.82) is 0 Å². The van der Waals surface area contributed by atoms with Crippen molar-refractivity contribution in [2.45, 2.75) is 19.4 Å². The van der Waals surface area contributed by atoms with E-state index >= 15 is 0 Å². The molecule has 18 heavy (non-hydrogen) atoms. The van der Waals surface area contributed by atoms with E-state index in [4.69, 9.17) is 0 Å². The summed E-state index contributed by atoms with van der Waals surface area (Å²) in [6.07, 6.45) is 1.16. The number of likely N-dealkylation sites (N-methyl/N-ethyl adjacent to an activating group) is 2. The Bertz CT molecular complexity index is 298. The third kappa shape index (κ3) is 6.50. The fourth-order valence-corrected chi connectivity index (χ4v) is 2.61. The Kier molecular flexibility index (Phi) is 7.51. The molecule has 0 saturated heterocycles. The topological polar surface area (TPSA) is 18.5 Å². The Balaban J connectivity index is 2.10. The van der Waals surface area contributed by atoms with Crippen molar-refractivity contribution in [3.63, 3.8) is 0 Å². The van der Waals surface area contributed by atoms with Gasteiger partial charge in [-0.05, 0) is 45.9 Å². The van der Waals surface area contributed by atoms with E-state index < -0.39 is 0 Å². The third-order valence-electron chi connectivity index (χ3n) is 3.21. The van der Waals surface area contributed by atoms with Crippen LogP contribution in [0.3, 0.4) is 0 Å². The second-order valence-electron chi connectivity index (χ2n) is 5.17. The minimum absolute atomic E-state index is 0.610. The van der Waals surface area contributed by atoms with E-state index in [2.05, 4.69) is 60.7 Å². The van der Waals surface area contributed by atoms with Crippen LogP contribution in [0.4, 0.5) is 0 Å². The quantitative estimate of drug-likeness (QED) is 0.689. The van der Waals surface area contributed by atoms with Crippen molar-refractivity contribution in [1.82, 2.24) is 15.1 Å². The molecule has 104 valence electrons. The molecule has 1 aromatic rings. The zero-order chi connectivity index (χ0) is 13.4. The molecule has 0 aromatic carbocycles. The highest BCUT2D eigenvalue weighted by Crippen LogP contribution is 2.13. The monoisotopic (exact) mass is 269 g/mol. The van der Waals surface area contributed by atoms with Gasteiger partial charge in [-0.3, -0.25) is 0 Å². The largest absolute Gasteiger partial charge is 0.314 e. The van der Waals surface area contributed by atoms with Crippen LogP contribution in [0.5, 0.6) is 0 Å². The van der Waals surface area contributed by atoms with E-state index in [0.717, 1.165) is 32.6 Å². The summed E-state index contributed by atoms with van der Waals surface area (Å²) in [5.41, 5.74) is 0. The predicted octanol–water partition coefficient (Wildman–Crippen LogP) is 1.76. The van der Waals surface area contributed by atoms with Crippen LogP contribution in [0.1, 0.15) is 11.8 Å². The normalized spacial score (nSPS) is 13.4. The molecular formula is C14H27N3S. The highest BCUT2D eigenvalue weighted by molar-refractivity contribution is 7.09. The summed E-state index contributed by atoms with van der Waals surface area (Å²) in [4.78, 5) is 6.12. The summed E-state index contributed by atoms with van der Waals surface area (Å²) in [6.45, 7) is 6.66. The Morgan fingerprint density at radius 2 is 1.94 bits per heavy atom. The molecule has 0 bridgehead atoms. The molecule has 0 saturated carbocycles. The van der Waals surface area contributed by atoms with Crippen molar-refractivity contribution in [3.05, 3.63) is 22.4 Å². The van der Waals surface area contributed by atoms with Gasteiger partial charge in [0.2, 0.25) is 0 Å². The predicted molar refractivity (Wildman–Crippen MR) is 81.5 cm³/mol. The molecule has 0 spiro atoms. The van der Waals surface area contributed by atoms with Gasteiger partial charge in [-0.2, -0.15) is 0 Å². The van der Waals surface area contributed by atoms with Gasteiger partial charge in [0.15, 0.2) is 0 Å². The van der Waals surface area contributed by atoms with E-state index in [1.807, 2.05) is 11.3 Å². The van der Waals surface area contributed by atoms with Gasteiger partial charge < -0.3 is 15.1 Å².